The average molecular weight is 306 g/mol. The number of rotatable bonds is 4. The van der Waals surface area contributed by atoms with Crippen LogP contribution < -0.4 is 5.32 Å². The first kappa shape index (κ1) is 15.4. The smallest absolute Gasteiger partial charge is 0.157 e. The van der Waals surface area contributed by atoms with Crippen LogP contribution in [0.25, 0.3) is 16.7 Å². The molecule has 0 aliphatic carbocycles. The van der Waals surface area contributed by atoms with Crippen LogP contribution in [-0.4, -0.2) is 15.4 Å². The molecule has 0 fully saturated rings. The van der Waals surface area contributed by atoms with Gasteiger partial charge in [-0.1, -0.05) is 25.5 Å². The van der Waals surface area contributed by atoms with Gasteiger partial charge in [0.2, 0.25) is 0 Å². The Morgan fingerprint density at radius 1 is 1.30 bits per heavy atom. The van der Waals surface area contributed by atoms with Crippen molar-refractivity contribution in [1.82, 2.24) is 9.38 Å². The van der Waals surface area contributed by atoms with E-state index in [4.69, 9.17) is 4.98 Å². The van der Waals surface area contributed by atoms with Crippen molar-refractivity contribution in [3.8, 4) is 6.07 Å². The second-order valence-corrected chi connectivity index (χ2v) is 6.25. The Kier molecular flexibility index (Phi) is 3.96. The van der Waals surface area contributed by atoms with Gasteiger partial charge >= 0.3 is 0 Å². The fraction of sp³-hybridized carbons (Fsp3) is 0.368. The standard InChI is InChI=1S/C19H22N4/c1-5-8-14-13(4)15(11-20)19-22-16-9-6-7-10-17(16)23(19)18(14)21-12(2)3/h6-7,9-10,12,21H,5,8H2,1-4H3. The van der Waals surface area contributed by atoms with E-state index in [1.54, 1.807) is 0 Å². The molecule has 4 heteroatoms. The number of hydrogen-bond donors (Lipinski definition) is 1. The molecule has 2 heterocycles. The number of pyridine rings is 1. The zero-order chi connectivity index (χ0) is 16.6. The number of benzene rings is 1. The van der Waals surface area contributed by atoms with Crippen molar-refractivity contribution < 1.29 is 0 Å². The molecule has 0 bridgehead atoms. The third-order valence-electron chi connectivity index (χ3n) is 4.16. The van der Waals surface area contributed by atoms with Gasteiger partial charge in [-0.25, -0.2) is 4.98 Å². The Balaban J connectivity index is 2.51. The highest BCUT2D eigenvalue weighted by Crippen LogP contribution is 2.32. The number of fused-ring (bicyclic) bond motifs is 3. The molecule has 1 N–H and O–H groups in total. The van der Waals surface area contributed by atoms with Gasteiger partial charge in [0.05, 0.1) is 16.6 Å². The maximum atomic E-state index is 9.68. The lowest BCUT2D eigenvalue weighted by Crippen LogP contribution is -2.16. The molecular weight excluding hydrogens is 284 g/mol. The van der Waals surface area contributed by atoms with E-state index in [1.165, 1.54) is 5.56 Å². The summed E-state index contributed by atoms with van der Waals surface area (Å²) < 4.78 is 2.12. The second kappa shape index (κ2) is 5.92. The van der Waals surface area contributed by atoms with Gasteiger partial charge in [0.25, 0.3) is 0 Å². The molecule has 0 amide bonds. The van der Waals surface area contributed by atoms with Crippen molar-refractivity contribution in [2.45, 2.75) is 46.6 Å². The maximum absolute atomic E-state index is 9.68. The number of anilines is 1. The lowest BCUT2D eigenvalue weighted by Gasteiger charge is -2.20. The van der Waals surface area contributed by atoms with Crippen LogP contribution in [-0.2, 0) is 6.42 Å². The zero-order valence-corrected chi connectivity index (χ0v) is 14.1. The van der Waals surface area contributed by atoms with E-state index in [-0.39, 0.29) is 0 Å². The van der Waals surface area contributed by atoms with Crippen molar-refractivity contribution in [2.24, 2.45) is 0 Å². The molecular formula is C19H22N4. The van der Waals surface area contributed by atoms with Crippen molar-refractivity contribution in [2.75, 3.05) is 5.32 Å². The zero-order valence-electron chi connectivity index (χ0n) is 14.1. The summed E-state index contributed by atoms with van der Waals surface area (Å²) in [6.45, 7) is 8.47. The van der Waals surface area contributed by atoms with Gasteiger partial charge in [-0.3, -0.25) is 4.40 Å². The second-order valence-electron chi connectivity index (χ2n) is 6.25. The van der Waals surface area contributed by atoms with Crippen LogP contribution in [0.5, 0.6) is 0 Å². The number of aromatic nitrogens is 2. The predicted molar refractivity (Wildman–Crippen MR) is 94.9 cm³/mol. The van der Waals surface area contributed by atoms with Crippen molar-refractivity contribution in [1.29, 1.82) is 5.26 Å². The average Bonchev–Trinajstić information content (AvgIpc) is 2.89. The summed E-state index contributed by atoms with van der Waals surface area (Å²) in [6.07, 6.45) is 1.98. The quantitative estimate of drug-likeness (QED) is 0.775. The summed E-state index contributed by atoms with van der Waals surface area (Å²) >= 11 is 0. The molecule has 0 aliphatic heterocycles. The third-order valence-corrected chi connectivity index (χ3v) is 4.16. The monoisotopic (exact) mass is 306 g/mol. The molecule has 0 unspecified atom stereocenters. The van der Waals surface area contributed by atoms with Gasteiger partial charge < -0.3 is 5.32 Å². The lowest BCUT2D eigenvalue weighted by atomic mass is 10.0. The summed E-state index contributed by atoms with van der Waals surface area (Å²) in [6, 6.07) is 10.7. The number of nitrogens with zero attached hydrogens (tertiary/aromatic N) is 3. The van der Waals surface area contributed by atoms with E-state index in [1.807, 2.05) is 25.1 Å². The Bertz CT molecular complexity index is 913. The molecule has 3 rings (SSSR count). The summed E-state index contributed by atoms with van der Waals surface area (Å²) in [5.41, 5.74) is 5.64. The number of nitrogens with one attached hydrogen (secondary N) is 1. The largest absolute Gasteiger partial charge is 0.369 e. The van der Waals surface area contributed by atoms with Crippen LogP contribution >= 0.6 is 0 Å². The van der Waals surface area contributed by atoms with Crippen LogP contribution in [0, 0.1) is 18.3 Å². The number of nitriles is 1. The number of imidazole rings is 1. The maximum Gasteiger partial charge on any atom is 0.157 e. The van der Waals surface area contributed by atoms with Crippen molar-refractivity contribution >= 4 is 22.5 Å². The van der Waals surface area contributed by atoms with Gasteiger partial charge in [-0.15, -0.1) is 0 Å². The summed E-state index contributed by atoms with van der Waals surface area (Å²) in [5.74, 6) is 1.07. The minimum atomic E-state index is 0.308. The number of para-hydroxylation sites is 2. The Labute approximate surface area is 136 Å². The van der Waals surface area contributed by atoms with E-state index in [2.05, 4.69) is 42.6 Å². The Hall–Kier alpha value is -2.54. The van der Waals surface area contributed by atoms with Crippen molar-refractivity contribution in [3.05, 3.63) is 41.0 Å². The minimum absolute atomic E-state index is 0.308. The molecule has 0 atom stereocenters. The topological polar surface area (TPSA) is 53.1 Å². The normalized spacial score (nSPS) is 11.3. The van der Waals surface area contributed by atoms with Gasteiger partial charge in [-0.2, -0.15) is 5.26 Å². The summed E-state index contributed by atoms with van der Waals surface area (Å²) in [7, 11) is 0. The molecule has 0 spiro atoms. The fourth-order valence-electron chi connectivity index (χ4n) is 3.17. The minimum Gasteiger partial charge on any atom is -0.369 e. The SMILES string of the molecule is CCCc1c(C)c(C#N)c2nc3ccccc3n2c1NC(C)C. The van der Waals surface area contributed by atoms with E-state index < -0.39 is 0 Å². The molecule has 0 radical (unpaired) electrons. The van der Waals surface area contributed by atoms with Gasteiger partial charge in [0.15, 0.2) is 5.65 Å². The predicted octanol–water partition coefficient (Wildman–Crippen LogP) is 4.44. The molecule has 118 valence electrons. The highest BCUT2D eigenvalue weighted by Gasteiger charge is 2.20. The van der Waals surface area contributed by atoms with Crippen molar-refractivity contribution in [3.63, 3.8) is 0 Å². The Morgan fingerprint density at radius 2 is 2.04 bits per heavy atom. The van der Waals surface area contributed by atoms with E-state index in [9.17, 15) is 5.26 Å². The number of hydrogen-bond acceptors (Lipinski definition) is 3. The highest BCUT2D eigenvalue weighted by atomic mass is 15.1. The van der Waals surface area contributed by atoms with Crippen LogP contribution in [0.1, 0.15) is 43.9 Å². The van der Waals surface area contributed by atoms with Gasteiger partial charge in [0.1, 0.15) is 11.9 Å². The first-order valence-corrected chi connectivity index (χ1v) is 8.17. The molecule has 23 heavy (non-hydrogen) atoms. The first-order valence-electron chi connectivity index (χ1n) is 8.17. The molecule has 4 nitrogen and oxygen atoms in total. The highest BCUT2D eigenvalue weighted by molar-refractivity contribution is 5.86. The molecule has 0 aliphatic rings. The van der Waals surface area contributed by atoms with Gasteiger partial charge in [-0.05, 0) is 50.5 Å². The molecule has 3 aromatic rings. The molecule has 0 saturated carbocycles. The summed E-state index contributed by atoms with van der Waals surface area (Å²) in [5, 5.41) is 13.3. The van der Waals surface area contributed by atoms with E-state index in [0.29, 0.717) is 11.6 Å². The Morgan fingerprint density at radius 3 is 2.70 bits per heavy atom. The third kappa shape index (κ3) is 2.43. The van der Waals surface area contributed by atoms with Crippen LogP contribution in [0.4, 0.5) is 5.82 Å². The van der Waals surface area contributed by atoms with Crippen LogP contribution in [0.2, 0.25) is 0 Å². The molecule has 2 aromatic heterocycles. The van der Waals surface area contributed by atoms with E-state index >= 15 is 0 Å². The summed E-state index contributed by atoms with van der Waals surface area (Å²) in [4.78, 5) is 4.72. The van der Waals surface area contributed by atoms with Crippen LogP contribution in [0.3, 0.4) is 0 Å². The first-order chi connectivity index (χ1) is 11.1. The molecule has 1 aromatic carbocycles. The van der Waals surface area contributed by atoms with Crippen LogP contribution in [0.15, 0.2) is 24.3 Å². The molecule has 0 saturated heterocycles. The lowest BCUT2D eigenvalue weighted by molar-refractivity contribution is 0.853. The van der Waals surface area contributed by atoms with Gasteiger partial charge in [0, 0.05) is 6.04 Å². The van der Waals surface area contributed by atoms with E-state index in [0.717, 1.165) is 40.9 Å². The fourth-order valence-corrected chi connectivity index (χ4v) is 3.17.